The minimum atomic E-state index is 0.977. The Kier molecular flexibility index (Phi) is 5.43. The molecule has 0 aliphatic rings. The van der Waals surface area contributed by atoms with Crippen LogP contribution in [0.1, 0.15) is 19.4 Å². The molecule has 0 aliphatic heterocycles. The molecule has 0 spiro atoms. The molecule has 0 saturated heterocycles. The van der Waals surface area contributed by atoms with E-state index in [1.54, 1.807) is 0 Å². The Labute approximate surface area is 93.1 Å². The van der Waals surface area contributed by atoms with Gasteiger partial charge >= 0.3 is 0 Å². The Morgan fingerprint density at radius 1 is 1.40 bits per heavy atom. The predicted molar refractivity (Wildman–Crippen MR) is 65.0 cm³/mol. The summed E-state index contributed by atoms with van der Waals surface area (Å²) in [6.07, 6.45) is 4.34. The zero-order valence-electron chi connectivity index (χ0n) is 10.2. The molecule has 1 N–H and O–H groups in total. The van der Waals surface area contributed by atoms with Gasteiger partial charge in [-0.25, -0.2) is 0 Å². The topological polar surface area (TPSA) is 20.2 Å². The first-order valence-corrected chi connectivity index (χ1v) is 5.80. The highest BCUT2D eigenvalue weighted by atomic mass is 15.1. The predicted octanol–water partition coefficient (Wildman–Crippen LogP) is 1.55. The zero-order valence-corrected chi connectivity index (χ0v) is 10.2. The van der Waals surface area contributed by atoms with Crippen LogP contribution in [0.2, 0.25) is 0 Å². The molecule has 0 radical (unpaired) electrons. The summed E-state index contributed by atoms with van der Waals surface area (Å²) in [4.78, 5) is 2.31. The highest BCUT2D eigenvalue weighted by Crippen LogP contribution is 2.00. The molecule has 0 aliphatic carbocycles. The summed E-state index contributed by atoms with van der Waals surface area (Å²) in [5.74, 6) is 0. The highest BCUT2D eigenvalue weighted by Gasteiger charge is 1.96. The maximum Gasteiger partial charge on any atom is 0.0221 e. The lowest BCUT2D eigenvalue weighted by molar-refractivity contribution is 0.349. The Hall–Kier alpha value is -0.800. The Bertz CT molecular complexity index is 268. The van der Waals surface area contributed by atoms with E-state index in [4.69, 9.17) is 0 Å². The summed E-state index contributed by atoms with van der Waals surface area (Å²) in [6.45, 7) is 9.67. The largest absolute Gasteiger partial charge is 0.354 e. The van der Waals surface area contributed by atoms with Crippen LogP contribution in [0.15, 0.2) is 18.5 Å². The van der Waals surface area contributed by atoms with Gasteiger partial charge in [0.2, 0.25) is 0 Å². The molecule has 86 valence electrons. The molecule has 0 bridgehead atoms. The minimum absolute atomic E-state index is 0.977. The van der Waals surface area contributed by atoms with Crippen LogP contribution < -0.4 is 5.32 Å². The number of likely N-dealkylation sites (N-methyl/N-ethyl adjacent to an activating group) is 1. The fraction of sp³-hybridized carbons (Fsp3) is 0.667. The van der Waals surface area contributed by atoms with Crippen molar-refractivity contribution in [1.82, 2.24) is 14.8 Å². The van der Waals surface area contributed by atoms with E-state index < -0.39 is 0 Å². The van der Waals surface area contributed by atoms with Crippen LogP contribution in [-0.4, -0.2) is 36.1 Å². The van der Waals surface area contributed by atoms with Crippen LogP contribution in [0.5, 0.6) is 0 Å². The van der Waals surface area contributed by atoms with Crippen molar-refractivity contribution in [2.75, 3.05) is 26.7 Å². The third-order valence-corrected chi connectivity index (χ3v) is 2.72. The van der Waals surface area contributed by atoms with E-state index >= 15 is 0 Å². The molecule has 1 aromatic rings. The molecule has 0 amide bonds. The summed E-state index contributed by atoms with van der Waals surface area (Å²) < 4.78 is 2.20. The molecular formula is C12H23N3. The summed E-state index contributed by atoms with van der Waals surface area (Å²) in [6, 6.07) is 2.18. The van der Waals surface area contributed by atoms with Crippen LogP contribution in [-0.2, 0) is 13.1 Å². The number of rotatable bonds is 7. The minimum Gasteiger partial charge on any atom is -0.354 e. The SMILES string of the molecule is CCN(C)CCNCc1ccn(CC)c1. The second kappa shape index (κ2) is 6.64. The summed E-state index contributed by atoms with van der Waals surface area (Å²) in [7, 11) is 2.15. The number of nitrogens with one attached hydrogen (secondary N) is 1. The third-order valence-electron chi connectivity index (χ3n) is 2.72. The van der Waals surface area contributed by atoms with Crippen LogP contribution >= 0.6 is 0 Å². The average Bonchev–Trinajstić information content (AvgIpc) is 2.72. The molecule has 0 saturated carbocycles. The van der Waals surface area contributed by atoms with Crippen molar-refractivity contribution in [2.45, 2.75) is 26.9 Å². The maximum absolute atomic E-state index is 3.45. The number of nitrogens with zero attached hydrogens (tertiary/aromatic N) is 2. The van der Waals surface area contributed by atoms with Gasteiger partial charge in [0.25, 0.3) is 0 Å². The third kappa shape index (κ3) is 4.49. The van der Waals surface area contributed by atoms with Crippen molar-refractivity contribution < 1.29 is 0 Å². The van der Waals surface area contributed by atoms with Crippen LogP contribution in [0.4, 0.5) is 0 Å². The van der Waals surface area contributed by atoms with Gasteiger partial charge < -0.3 is 14.8 Å². The van der Waals surface area contributed by atoms with Crippen molar-refractivity contribution in [3.63, 3.8) is 0 Å². The van der Waals surface area contributed by atoms with E-state index in [1.807, 2.05) is 0 Å². The molecular weight excluding hydrogens is 186 g/mol. The van der Waals surface area contributed by atoms with Gasteiger partial charge in [-0.3, -0.25) is 0 Å². The van der Waals surface area contributed by atoms with Gasteiger partial charge in [0.1, 0.15) is 0 Å². The van der Waals surface area contributed by atoms with E-state index in [0.717, 1.165) is 32.7 Å². The van der Waals surface area contributed by atoms with Crippen molar-refractivity contribution in [2.24, 2.45) is 0 Å². The lowest BCUT2D eigenvalue weighted by Crippen LogP contribution is -2.28. The van der Waals surface area contributed by atoms with Crippen LogP contribution in [0.3, 0.4) is 0 Å². The van der Waals surface area contributed by atoms with Gasteiger partial charge in [-0.05, 0) is 32.1 Å². The quantitative estimate of drug-likeness (QED) is 0.688. The van der Waals surface area contributed by atoms with E-state index in [1.165, 1.54) is 5.56 Å². The second-order valence-corrected chi connectivity index (χ2v) is 3.92. The lowest BCUT2D eigenvalue weighted by atomic mass is 10.3. The average molecular weight is 209 g/mol. The molecule has 3 nitrogen and oxygen atoms in total. The summed E-state index contributed by atoms with van der Waals surface area (Å²) >= 11 is 0. The maximum atomic E-state index is 3.45. The molecule has 1 aromatic heterocycles. The molecule has 1 rings (SSSR count). The smallest absolute Gasteiger partial charge is 0.0221 e. The van der Waals surface area contributed by atoms with Crippen LogP contribution in [0, 0.1) is 0 Å². The van der Waals surface area contributed by atoms with Crippen molar-refractivity contribution in [1.29, 1.82) is 0 Å². The monoisotopic (exact) mass is 209 g/mol. The fourth-order valence-corrected chi connectivity index (χ4v) is 1.45. The molecule has 15 heavy (non-hydrogen) atoms. The molecule has 0 fully saturated rings. The summed E-state index contributed by atoms with van der Waals surface area (Å²) in [5, 5.41) is 3.45. The standard InChI is InChI=1S/C12H23N3/c1-4-14(3)9-7-13-10-12-6-8-15(5-2)11-12/h6,8,11,13H,4-5,7,9-10H2,1-3H3. The van der Waals surface area contributed by atoms with Gasteiger partial charge in [0.05, 0.1) is 0 Å². The van der Waals surface area contributed by atoms with E-state index in [-0.39, 0.29) is 0 Å². The number of aromatic nitrogens is 1. The first kappa shape index (κ1) is 12.3. The number of aryl methyl sites for hydroxylation is 1. The lowest BCUT2D eigenvalue weighted by Gasteiger charge is -2.13. The molecule has 0 unspecified atom stereocenters. The highest BCUT2D eigenvalue weighted by molar-refractivity contribution is 5.09. The molecule has 1 heterocycles. The summed E-state index contributed by atoms with van der Waals surface area (Å²) in [5.41, 5.74) is 1.37. The second-order valence-electron chi connectivity index (χ2n) is 3.92. The van der Waals surface area contributed by atoms with Gasteiger partial charge in [0, 0.05) is 38.6 Å². The Morgan fingerprint density at radius 2 is 2.20 bits per heavy atom. The van der Waals surface area contributed by atoms with Crippen molar-refractivity contribution in [3.05, 3.63) is 24.0 Å². The Balaban J connectivity index is 2.14. The number of hydrogen-bond donors (Lipinski definition) is 1. The molecule has 3 heteroatoms. The van der Waals surface area contributed by atoms with Gasteiger partial charge in [-0.15, -0.1) is 0 Å². The fourth-order valence-electron chi connectivity index (χ4n) is 1.45. The van der Waals surface area contributed by atoms with Crippen LogP contribution in [0.25, 0.3) is 0 Å². The molecule has 0 aromatic carbocycles. The van der Waals surface area contributed by atoms with E-state index in [0.29, 0.717) is 0 Å². The van der Waals surface area contributed by atoms with Crippen molar-refractivity contribution in [3.8, 4) is 0 Å². The van der Waals surface area contributed by atoms with E-state index in [9.17, 15) is 0 Å². The van der Waals surface area contributed by atoms with Gasteiger partial charge in [-0.2, -0.15) is 0 Å². The van der Waals surface area contributed by atoms with Gasteiger partial charge in [0.15, 0.2) is 0 Å². The van der Waals surface area contributed by atoms with E-state index in [2.05, 4.69) is 54.1 Å². The van der Waals surface area contributed by atoms with Gasteiger partial charge in [-0.1, -0.05) is 6.92 Å². The Morgan fingerprint density at radius 3 is 2.80 bits per heavy atom. The first-order valence-electron chi connectivity index (χ1n) is 5.80. The number of hydrogen-bond acceptors (Lipinski definition) is 2. The molecule has 0 atom stereocenters. The van der Waals surface area contributed by atoms with Crippen molar-refractivity contribution >= 4 is 0 Å². The normalized spacial score (nSPS) is 11.2. The zero-order chi connectivity index (χ0) is 11.1. The first-order chi connectivity index (χ1) is 7.26.